The maximum Gasteiger partial charge on any atom is 0.408 e. The molecule has 0 saturated heterocycles. The molecule has 1 amide bonds. The summed E-state index contributed by atoms with van der Waals surface area (Å²) >= 11 is 0. The number of aromatic nitrogens is 2. The minimum absolute atomic E-state index is 0.0206. The minimum Gasteiger partial charge on any atom is -0.457 e. The number of amides is 1. The Bertz CT molecular complexity index is 1940. The Hall–Kier alpha value is -4.32. The molecule has 2 aliphatic heterocycles. The van der Waals surface area contributed by atoms with Crippen LogP contribution in [0.4, 0.5) is 9.18 Å². The van der Waals surface area contributed by atoms with Gasteiger partial charge in [-0.05, 0) is 89.7 Å². The van der Waals surface area contributed by atoms with Crippen LogP contribution in [-0.4, -0.2) is 58.2 Å². The summed E-state index contributed by atoms with van der Waals surface area (Å²) < 4.78 is 33.7. The molecule has 0 unspecified atom stereocenters. The van der Waals surface area contributed by atoms with Crippen molar-refractivity contribution in [2.45, 2.75) is 104 Å². The number of halogens is 1. The van der Waals surface area contributed by atoms with Crippen LogP contribution < -0.4 is 10.9 Å². The van der Waals surface area contributed by atoms with Crippen LogP contribution in [0.25, 0.3) is 22.3 Å². The second-order valence-corrected chi connectivity index (χ2v) is 14.6. The van der Waals surface area contributed by atoms with E-state index in [4.69, 9.17) is 19.2 Å². The maximum atomic E-state index is 15.2. The number of benzene rings is 1. The van der Waals surface area contributed by atoms with Crippen molar-refractivity contribution in [1.82, 2.24) is 19.8 Å². The summed E-state index contributed by atoms with van der Waals surface area (Å²) in [5, 5.41) is 3.50. The predicted molar refractivity (Wildman–Crippen MR) is 176 cm³/mol. The Morgan fingerprint density at radius 2 is 1.90 bits per heavy atom. The average Bonchev–Trinajstić information content (AvgIpc) is 3.37. The Balaban J connectivity index is 1.50. The lowest BCUT2D eigenvalue weighted by Crippen LogP contribution is -2.53. The van der Waals surface area contributed by atoms with Gasteiger partial charge in [0, 0.05) is 28.6 Å². The van der Waals surface area contributed by atoms with E-state index in [1.165, 1.54) is 6.07 Å². The van der Waals surface area contributed by atoms with E-state index in [1.807, 2.05) is 14.1 Å². The number of nitrogens with one attached hydrogen (secondary N) is 1. The molecule has 0 saturated carbocycles. The molecule has 256 valence electrons. The number of ether oxygens (including phenoxy) is 3. The molecule has 3 aromatic rings. The topological polar surface area (TPSA) is 129 Å². The molecule has 1 aromatic carbocycles. The highest BCUT2D eigenvalue weighted by Gasteiger charge is 2.52. The van der Waals surface area contributed by atoms with E-state index in [2.05, 4.69) is 10.2 Å². The minimum atomic E-state index is -1.96. The summed E-state index contributed by atoms with van der Waals surface area (Å²) in [6.07, 6.45) is 0.644. The first-order valence-corrected chi connectivity index (χ1v) is 16.5. The number of hydrogen-bond donors (Lipinski definition) is 1. The van der Waals surface area contributed by atoms with Crippen molar-refractivity contribution in [3.05, 3.63) is 61.7 Å². The third-order valence-corrected chi connectivity index (χ3v) is 9.81. The third kappa shape index (κ3) is 5.24. The van der Waals surface area contributed by atoms with Crippen LogP contribution in [0.5, 0.6) is 0 Å². The molecule has 4 heterocycles. The Labute approximate surface area is 278 Å². The molecule has 48 heavy (non-hydrogen) atoms. The Morgan fingerprint density at radius 1 is 1.19 bits per heavy atom. The first-order chi connectivity index (χ1) is 22.5. The summed E-state index contributed by atoms with van der Waals surface area (Å²) in [7, 11) is 4.01. The van der Waals surface area contributed by atoms with Crippen LogP contribution in [0.1, 0.15) is 93.8 Å². The molecule has 0 bridgehead atoms. The van der Waals surface area contributed by atoms with Crippen molar-refractivity contribution < 1.29 is 33.0 Å². The van der Waals surface area contributed by atoms with Crippen LogP contribution in [0.15, 0.2) is 16.9 Å². The van der Waals surface area contributed by atoms with E-state index < -0.39 is 41.2 Å². The Kier molecular flexibility index (Phi) is 8.17. The van der Waals surface area contributed by atoms with Crippen molar-refractivity contribution in [3.63, 3.8) is 0 Å². The lowest BCUT2D eigenvalue weighted by Gasteiger charge is -2.37. The van der Waals surface area contributed by atoms with Crippen molar-refractivity contribution in [2.24, 2.45) is 5.92 Å². The van der Waals surface area contributed by atoms with Gasteiger partial charge in [0.15, 0.2) is 0 Å². The van der Waals surface area contributed by atoms with E-state index in [0.717, 1.165) is 28.5 Å². The van der Waals surface area contributed by atoms with Gasteiger partial charge < -0.3 is 29.0 Å². The highest BCUT2D eigenvalue weighted by Crippen LogP contribution is 2.47. The fourth-order valence-electron chi connectivity index (χ4n) is 7.37. The monoisotopic (exact) mass is 662 g/mol. The Morgan fingerprint density at radius 3 is 2.52 bits per heavy atom. The molecule has 3 atom stereocenters. The molecule has 11 nitrogen and oxygen atoms in total. The van der Waals surface area contributed by atoms with Gasteiger partial charge in [-0.1, -0.05) is 20.8 Å². The van der Waals surface area contributed by atoms with Crippen LogP contribution in [0.3, 0.4) is 0 Å². The number of cyclic esters (lactones) is 1. The smallest absolute Gasteiger partial charge is 0.408 e. The molecule has 1 aliphatic carbocycles. The van der Waals surface area contributed by atoms with E-state index in [0.29, 0.717) is 28.9 Å². The van der Waals surface area contributed by atoms with E-state index in [9.17, 15) is 19.2 Å². The van der Waals surface area contributed by atoms with Crippen molar-refractivity contribution in [1.29, 1.82) is 0 Å². The molecule has 0 radical (unpaired) electrons. The molecule has 1 N–H and O–H groups in total. The maximum absolute atomic E-state index is 15.2. The summed E-state index contributed by atoms with van der Waals surface area (Å²) in [5.74, 6) is -2.45. The molecule has 12 heteroatoms. The standard InChI is InChI=1S/C36H43FN4O7/c1-10-36(47-32(43)29(17(2)3)39-34(45)48-35(5,6)7)22-13-26-30-20(15-41(26)31(42)21(22)16-46-33(36)44)28-25(40(8)9)12-11-19-18(4)23(37)14-24(38-30)27(19)28/h13-14,17,25,29H,10-12,15-16H2,1-9H3,(H,39,45)/t25-,29-,36-/m0/s1. The largest absolute Gasteiger partial charge is 0.457 e. The van der Waals surface area contributed by atoms with Gasteiger partial charge in [0.2, 0.25) is 5.60 Å². The summed E-state index contributed by atoms with van der Waals surface area (Å²) in [5.41, 5.74) is 2.21. The SMILES string of the molecule is CC[C@@]1(OC(=O)[C@@H](NC(=O)OC(C)(C)C)C(C)C)C(=O)OCc2c1cc1n(c2=O)Cc2c-1nc1cc(F)c(C)c3c1c2[C@@H](N(C)C)CC3. The molecule has 0 spiro atoms. The number of hydrogen-bond acceptors (Lipinski definition) is 9. The van der Waals surface area contributed by atoms with Gasteiger partial charge in [-0.2, -0.15) is 0 Å². The quantitative estimate of drug-likeness (QED) is 0.220. The van der Waals surface area contributed by atoms with Gasteiger partial charge >= 0.3 is 18.0 Å². The number of nitrogens with zero attached hydrogens (tertiary/aromatic N) is 3. The second kappa shape index (κ2) is 11.7. The van der Waals surface area contributed by atoms with Crippen molar-refractivity contribution in [2.75, 3.05) is 14.1 Å². The lowest BCUT2D eigenvalue weighted by atomic mass is 9.81. The molecular formula is C36H43FN4O7. The predicted octanol–water partition coefficient (Wildman–Crippen LogP) is 5.18. The van der Waals surface area contributed by atoms with E-state index in [-0.39, 0.29) is 48.1 Å². The first kappa shape index (κ1) is 33.6. The van der Waals surface area contributed by atoms with Gasteiger partial charge in [-0.3, -0.25) is 4.79 Å². The number of alkyl carbamates (subject to hydrolysis) is 1. The normalized spacial score (nSPS) is 20.2. The van der Waals surface area contributed by atoms with Gasteiger partial charge in [-0.15, -0.1) is 0 Å². The number of carbonyl (C=O) groups is 3. The second-order valence-electron chi connectivity index (χ2n) is 14.6. The number of pyridine rings is 2. The summed E-state index contributed by atoms with van der Waals surface area (Å²) in [4.78, 5) is 61.4. The number of carbonyl (C=O) groups excluding carboxylic acids is 3. The fraction of sp³-hybridized carbons (Fsp3) is 0.528. The van der Waals surface area contributed by atoms with Crippen molar-refractivity contribution in [3.8, 4) is 11.4 Å². The van der Waals surface area contributed by atoms with E-state index in [1.54, 1.807) is 59.1 Å². The number of aryl methyl sites for hydroxylation is 1. The number of rotatable bonds is 6. The van der Waals surface area contributed by atoms with Gasteiger partial charge in [0.05, 0.1) is 29.0 Å². The highest BCUT2D eigenvalue weighted by atomic mass is 19.1. The molecular weight excluding hydrogens is 619 g/mol. The molecule has 2 aromatic heterocycles. The van der Waals surface area contributed by atoms with Gasteiger partial charge in [0.25, 0.3) is 5.56 Å². The average molecular weight is 663 g/mol. The third-order valence-electron chi connectivity index (χ3n) is 9.81. The van der Waals surface area contributed by atoms with Gasteiger partial charge in [-0.25, -0.2) is 23.8 Å². The highest BCUT2D eigenvalue weighted by molar-refractivity contribution is 5.94. The van der Waals surface area contributed by atoms with Crippen LogP contribution >= 0.6 is 0 Å². The van der Waals surface area contributed by atoms with Crippen molar-refractivity contribution >= 4 is 28.9 Å². The molecule has 0 fully saturated rings. The lowest BCUT2D eigenvalue weighted by molar-refractivity contribution is -0.191. The van der Waals surface area contributed by atoms with E-state index >= 15 is 4.39 Å². The van der Waals surface area contributed by atoms with Crippen LogP contribution in [0, 0.1) is 18.7 Å². The summed E-state index contributed by atoms with van der Waals surface area (Å²) in [6, 6.07) is 2.01. The zero-order valence-electron chi connectivity index (χ0n) is 29.0. The zero-order chi connectivity index (χ0) is 35.0. The van der Waals surface area contributed by atoms with Crippen LogP contribution in [0.2, 0.25) is 0 Å². The van der Waals surface area contributed by atoms with Gasteiger partial charge in [0.1, 0.15) is 24.1 Å². The number of fused-ring (bicyclic) bond motifs is 5. The molecule has 3 aliphatic rings. The number of esters is 2. The summed E-state index contributed by atoms with van der Waals surface area (Å²) in [6.45, 7) is 12.0. The zero-order valence-corrected chi connectivity index (χ0v) is 29.0. The first-order valence-electron chi connectivity index (χ1n) is 16.5. The fourth-order valence-corrected chi connectivity index (χ4v) is 7.37. The molecule has 6 rings (SSSR count). The van der Waals surface area contributed by atoms with Crippen LogP contribution in [-0.2, 0) is 49.0 Å².